The van der Waals surface area contributed by atoms with Crippen LogP contribution in [0.2, 0.25) is 0 Å². The van der Waals surface area contributed by atoms with E-state index in [0.29, 0.717) is 11.3 Å². The highest BCUT2D eigenvalue weighted by molar-refractivity contribution is 5.95. The lowest BCUT2D eigenvalue weighted by Gasteiger charge is -2.11. The Labute approximate surface area is 112 Å². The van der Waals surface area contributed by atoms with E-state index in [2.05, 4.69) is 4.98 Å². The van der Waals surface area contributed by atoms with Crippen molar-refractivity contribution in [2.45, 2.75) is 6.92 Å². The minimum absolute atomic E-state index is 0.393. The normalized spacial score (nSPS) is 10.1. The van der Waals surface area contributed by atoms with E-state index in [-0.39, 0.29) is 0 Å². The van der Waals surface area contributed by atoms with Gasteiger partial charge in [0.15, 0.2) is 0 Å². The van der Waals surface area contributed by atoms with Crippen LogP contribution >= 0.6 is 0 Å². The predicted molar refractivity (Wildman–Crippen MR) is 72.3 cm³/mol. The summed E-state index contributed by atoms with van der Waals surface area (Å²) in [5.41, 5.74) is 3.00. The van der Waals surface area contributed by atoms with Gasteiger partial charge in [-0.05, 0) is 30.7 Å². The summed E-state index contributed by atoms with van der Waals surface area (Å²) in [6.45, 7) is 1.97. The number of hydrogen-bond donors (Lipinski definition) is 0. The van der Waals surface area contributed by atoms with E-state index < -0.39 is 5.97 Å². The third kappa shape index (κ3) is 2.57. The van der Waals surface area contributed by atoms with Crippen LogP contribution in [0.5, 0.6) is 5.75 Å². The summed E-state index contributed by atoms with van der Waals surface area (Å²) in [5.74, 6) is 0.0523. The molecule has 1 aromatic carbocycles. The fraction of sp³-hybridized carbons (Fsp3) is 0.200. The quantitative estimate of drug-likeness (QED) is 0.793. The van der Waals surface area contributed by atoms with Crippen LogP contribution in [-0.2, 0) is 4.74 Å². The molecule has 0 radical (unpaired) electrons. The molecule has 0 aliphatic rings. The molecule has 2 rings (SSSR count). The third-order valence-electron chi connectivity index (χ3n) is 2.81. The van der Waals surface area contributed by atoms with E-state index >= 15 is 0 Å². The third-order valence-corrected chi connectivity index (χ3v) is 2.81. The van der Waals surface area contributed by atoms with Crippen molar-refractivity contribution in [2.75, 3.05) is 14.2 Å². The Balaban J connectivity index is 2.57. The second-order valence-corrected chi connectivity index (χ2v) is 4.10. The van der Waals surface area contributed by atoms with Crippen LogP contribution in [0.25, 0.3) is 11.3 Å². The number of methoxy groups -OCH3 is 2. The largest absolute Gasteiger partial charge is 0.495 e. The number of hydrogen-bond acceptors (Lipinski definition) is 4. The number of aromatic nitrogens is 1. The average Bonchev–Trinajstić information content (AvgIpc) is 2.46. The zero-order valence-electron chi connectivity index (χ0n) is 11.1. The standard InChI is InChI=1S/C15H15NO3/c1-10-7-8-13(16-9-10)11-5-4-6-12(14(11)18-2)15(17)19-3/h4-9H,1-3H3. The summed E-state index contributed by atoms with van der Waals surface area (Å²) in [5, 5.41) is 0. The molecule has 0 saturated carbocycles. The summed E-state index contributed by atoms with van der Waals surface area (Å²) >= 11 is 0. The van der Waals surface area contributed by atoms with Gasteiger partial charge in [0.2, 0.25) is 0 Å². The molecule has 0 unspecified atom stereocenters. The fourth-order valence-electron chi connectivity index (χ4n) is 1.86. The van der Waals surface area contributed by atoms with Gasteiger partial charge >= 0.3 is 5.97 Å². The molecule has 0 aliphatic carbocycles. The van der Waals surface area contributed by atoms with Crippen LogP contribution in [-0.4, -0.2) is 25.2 Å². The summed E-state index contributed by atoms with van der Waals surface area (Å²) in [6.07, 6.45) is 1.78. The molecule has 0 atom stereocenters. The molecule has 2 aromatic rings. The Kier molecular flexibility index (Phi) is 3.80. The number of pyridine rings is 1. The van der Waals surface area contributed by atoms with E-state index in [9.17, 15) is 4.79 Å². The van der Waals surface area contributed by atoms with Crippen LogP contribution in [0.15, 0.2) is 36.5 Å². The van der Waals surface area contributed by atoms with Crippen LogP contribution in [0.3, 0.4) is 0 Å². The molecular formula is C15H15NO3. The monoisotopic (exact) mass is 257 g/mol. The van der Waals surface area contributed by atoms with Crippen molar-refractivity contribution in [1.82, 2.24) is 4.98 Å². The van der Waals surface area contributed by atoms with Crippen molar-refractivity contribution in [3.8, 4) is 17.0 Å². The Morgan fingerprint density at radius 3 is 2.53 bits per heavy atom. The molecule has 0 bridgehead atoms. The first-order valence-electron chi connectivity index (χ1n) is 5.85. The van der Waals surface area contributed by atoms with Crippen LogP contribution < -0.4 is 4.74 Å². The van der Waals surface area contributed by atoms with E-state index in [1.165, 1.54) is 14.2 Å². The van der Waals surface area contributed by atoms with Crippen LogP contribution in [0, 0.1) is 6.92 Å². The number of para-hydroxylation sites is 1. The molecule has 4 nitrogen and oxygen atoms in total. The van der Waals surface area contributed by atoms with E-state index in [0.717, 1.165) is 16.8 Å². The van der Waals surface area contributed by atoms with Gasteiger partial charge in [-0.25, -0.2) is 4.79 Å². The van der Waals surface area contributed by atoms with Crippen molar-refractivity contribution >= 4 is 5.97 Å². The molecule has 4 heteroatoms. The minimum atomic E-state index is -0.425. The summed E-state index contributed by atoms with van der Waals surface area (Å²) in [4.78, 5) is 16.1. The molecule has 0 aliphatic heterocycles. The van der Waals surface area contributed by atoms with Gasteiger partial charge in [-0.15, -0.1) is 0 Å². The van der Waals surface area contributed by atoms with Crippen molar-refractivity contribution < 1.29 is 14.3 Å². The van der Waals surface area contributed by atoms with Crippen molar-refractivity contribution in [2.24, 2.45) is 0 Å². The van der Waals surface area contributed by atoms with Gasteiger partial charge in [0.05, 0.1) is 19.9 Å². The Morgan fingerprint density at radius 2 is 1.95 bits per heavy atom. The van der Waals surface area contributed by atoms with Gasteiger partial charge in [-0.2, -0.15) is 0 Å². The van der Waals surface area contributed by atoms with Crippen molar-refractivity contribution in [3.63, 3.8) is 0 Å². The molecule has 1 aromatic heterocycles. The highest BCUT2D eigenvalue weighted by atomic mass is 16.5. The second-order valence-electron chi connectivity index (χ2n) is 4.10. The van der Waals surface area contributed by atoms with E-state index in [1.807, 2.05) is 25.1 Å². The zero-order valence-corrected chi connectivity index (χ0v) is 11.1. The second kappa shape index (κ2) is 5.52. The number of carbonyl (C=O) groups excluding carboxylic acids is 1. The number of aryl methyl sites for hydroxylation is 1. The lowest BCUT2D eigenvalue weighted by molar-refractivity contribution is 0.0597. The lowest BCUT2D eigenvalue weighted by atomic mass is 10.0. The molecule has 1 heterocycles. The fourth-order valence-corrected chi connectivity index (χ4v) is 1.86. The van der Waals surface area contributed by atoms with Gasteiger partial charge in [0.25, 0.3) is 0 Å². The Bertz CT molecular complexity index is 591. The minimum Gasteiger partial charge on any atom is -0.495 e. The Morgan fingerprint density at radius 1 is 1.16 bits per heavy atom. The maximum Gasteiger partial charge on any atom is 0.341 e. The first-order chi connectivity index (χ1) is 9.17. The topological polar surface area (TPSA) is 48.4 Å². The zero-order chi connectivity index (χ0) is 13.8. The van der Waals surface area contributed by atoms with Gasteiger partial charge in [-0.1, -0.05) is 12.1 Å². The van der Waals surface area contributed by atoms with Gasteiger partial charge in [0, 0.05) is 11.8 Å². The smallest absolute Gasteiger partial charge is 0.341 e. The first-order valence-corrected chi connectivity index (χ1v) is 5.85. The number of carbonyl (C=O) groups is 1. The molecular weight excluding hydrogens is 242 g/mol. The van der Waals surface area contributed by atoms with Gasteiger partial charge < -0.3 is 9.47 Å². The van der Waals surface area contributed by atoms with E-state index in [1.54, 1.807) is 18.3 Å². The lowest BCUT2D eigenvalue weighted by Crippen LogP contribution is -2.05. The summed E-state index contributed by atoms with van der Waals surface area (Å²) < 4.78 is 10.1. The number of esters is 1. The SMILES string of the molecule is COC(=O)c1cccc(-c2ccc(C)cn2)c1OC. The number of benzene rings is 1. The number of rotatable bonds is 3. The predicted octanol–water partition coefficient (Wildman–Crippen LogP) is 2.85. The summed E-state index contributed by atoms with van der Waals surface area (Å²) in [6, 6.07) is 9.18. The van der Waals surface area contributed by atoms with Gasteiger partial charge in [-0.3, -0.25) is 4.98 Å². The molecule has 0 saturated heterocycles. The van der Waals surface area contributed by atoms with Crippen molar-refractivity contribution in [1.29, 1.82) is 0 Å². The molecule has 98 valence electrons. The van der Waals surface area contributed by atoms with Gasteiger partial charge in [0.1, 0.15) is 11.3 Å². The molecule has 0 fully saturated rings. The molecule has 0 N–H and O–H groups in total. The number of nitrogens with zero attached hydrogens (tertiary/aromatic N) is 1. The first kappa shape index (κ1) is 13.1. The van der Waals surface area contributed by atoms with Crippen LogP contribution in [0.4, 0.5) is 0 Å². The Hall–Kier alpha value is -2.36. The van der Waals surface area contributed by atoms with E-state index in [4.69, 9.17) is 9.47 Å². The number of ether oxygens (including phenoxy) is 2. The highest BCUT2D eigenvalue weighted by Gasteiger charge is 2.17. The van der Waals surface area contributed by atoms with Crippen molar-refractivity contribution in [3.05, 3.63) is 47.7 Å². The van der Waals surface area contributed by atoms with Crippen LogP contribution in [0.1, 0.15) is 15.9 Å². The molecule has 19 heavy (non-hydrogen) atoms. The molecule has 0 spiro atoms. The average molecular weight is 257 g/mol. The summed E-state index contributed by atoms with van der Waals surface area (Å²) in [7, 11) is 2.87. The maximum absolute atomic E-state index is 11.7. The maximum atomic E-state index is 11.7. The molecule has 0 amide bonds. The highest BCUT2D eigenvalue weighted by Crippen LogP contribution is 2.32.